The maximum absolute atomic E-state index is 11.5. The number of furan rings is 1. The van der Waals surface area contributed by atoms with Crippen molar-refractivity contribution in [2.45, 2.75) is 27.2 Å². The summed E-state index contributed by atoms with van der Waals surface area (Å²) in [6.45, 7) is 5.20. The van der Waals surface area contributed by atoms with Crippen molar-refractivity contribution >= 4 is 5.78 Å². The summed E-state index contributed by atoms with van der Waals surface area (Å²) in [4.78, 5) is 11.5. The summed E-state index contributed by atoms with van der Waals surface area (Å²) in [5.41, 5.74) is 2.31. The van der Waals surface area contributed by atoms with Gasteiger partial charge in [0, 0.05) is 17.5 Å². The van der Waals surface area contributed by atoms with Gasteiger partial charge in [-0.3, -0.25) is 4.79 Å². The molecular weight excluding hydrogens is 228 g/mol. The van der Waals surface area contributed by atoms with Crippen LogP contribution in [0, 0.1) is 13.8 Å². The molecule has 0 amide bonds. The van der Waals surface area contributed by atoms with Crippen LogP contribution in [0.2, 0.25) is 0 Å². The lowest BCUT2D eigenvalue weighted by Crippen LogP contribution is -1.96. The molecule has 94 valence electrons. The number of carbonyl (C=O) groups is 1. The Balaban J connectivity index is 2.39. The molecule has 0 radical (unpaired) electrons. The van der Waals surface area contributed by atoms with Gasteiger partial charge >= 0.3 is 0 Å². The van der Waals surface area contributed by atoms with Crippen LogP contribution in [0.1, 0.15) is 39.9 Å². The van der Waals surface area contributed by atoms with E-state index in [9.17, 15) is 9.90 Å². The van der Waals surface area contributed by atoms with Crippen molar-refractivity contribution in [3.05, 3.63) is 52.5 Å². The predicted octanol–water partition coefficient (Wildman–Crippen LogP) is 3.40. The molecule has 0 atom stereocenters. The minimum Gasteiger partial charge on any atom is -0.508 e. The molecule has 0 fully saturated rings. The Kier molecular flexibility index (Phi) is 3.24. The number of hydrogen-bond donors (Lipinski definition) is 1. The number of phenols is 1. The normalized spacial score (nSPS) is 10.6. The van der Waals surface area contributed by atoms with Crippen LogP contribution in [-0.4, -0.2) is 10.9 Å². The van der Waals surface area contributed by atoms with Crippen LogP contribution in [0.15, 0.2) is 28.7 Å². The third kappa shape index (κ3) is 2.16. The molecule has 2 aromatic rings. The SMILES string of the molecule is CC(=O)c1c(C)oc(Cc2ccccc2O)c1C. The summed E-state index contributed by atoms with van der Waals surface area (Å²) < 4.78 is 5.63. The zero-order valence-corrected chi connectivity index (χ0v) is 10.8. The lowest BCUT2D eigenvalue weighted by molar-refractivity contribution is 0.101. The van der Waals surface area contributed by atoms with Gasteiger partial charge in [-0.25, -0.2) is 0 Å². The molecule has 1 heterocycles. The molecule has 0 unspecified atom stereocenters. The van der Waals surface area contributed by atoms with E-state index in [2.05, 4.69) is 0 Å². The number of carbonyl (C=O) groups excluding carboxylic acids is 1. The van der Waals surface area contributed by atoms with Crippen LogP contribution in [0.4, 0.5) is 0 Å². The van der Waals surface area contributed by atoms with Crippen LogP contribution in [-0.2, 0) is 6.42 Å². The first-order valence-electron chi connectivity index (χ1n) is 5.87. The number of rotatable bonds is 3. The molecule has 1 N–H and O–H groups in total. The summed E-state index contributed by atoms with van der Waals surface area (Å²) in [6.07, 6.45) is 0.493. The van der Waals surface area contributed by atoms with Gasteiger partial charge in [0.15, 0.2) is 5.78 Å². The number of ketones is 1. The summed E-state index contributed by atoms with van der Waals surface area (Å²) in [7, 11) is 0. The topological polar surface area (TPSA) is 50.4 Å². The van der Waals surface area contributed by atoms with Gasteiger partial charge in [-0.15, -0.1) is 0 Å². The van der Waals surface area contributed by atoms with E-state index in [4.69, 9.17) is 4.42 Å². The van der Waals surface area contributed by atoms with Gasteiger partial charge in [-0.05, 0) is 26.8 Å². The highest BCUT2D eigenvalue weighted by molar-refractivity contribution is 5.96. The molecular formula is C15H16O3. The molecule has 0 aliphatic heterocycles. The second-order valence-corrected chi connectivity index (χ2v) is 4.44. The Labute approximate surface area is 106 Å². The molecule has 0 spiro atoms. The van der Waals surface area contributed by atoms with Crippen molar-refractivity contribution in [1.82, 2.24) is 0 Å². The van der Waals surface area contributed by atoms with Crippen molar-refractivity contribution in [1.29, 1.82) is 0 Å². The largest absolute Gasteiger partial charge is 0.508 e. The Bertz CT molecular complexity index is 594. The minimum absolute atomic E-state index is 0.0114. The Morgan fingerprint density at radius 2 is 1.94 bits per heavy atom. The monoisotopic (exact) mass is 244 g/mol. The average Bonchev–Trinajstić information content (AvgIpc) is 2.57. The second-order valence-electron chi connectivity index (χ2n) is 4.44. The number of aromatic hydroxyl groups is 1. The molecule has 0 aliphatic carbocycles. The fourth-order valence-electron chi connectivity index (χ4n) is 2.23. The van der Waals surface area contributed by atoms with Gasteiger partial charge in [0.1, 0.15) is 17.3 Å². The molecule has 3 nitrogen and oxygen atoms in total. The number of hydrogen-bond acceptors (Lipinski definition) is 3. The highest BCUT2D eigenvalue weighted by Gasteiger charge is 2.18. The van der Waals surface area contributed by atoms with E-state index in [1.54, 1.807) is 19.1 Å². The molecule has 18 heavy (non-hydrogen) atoms. The van der Waals surface area contributed by atoms with E-state index < -0.39 is 0 Å². The Morgan fingerprint density at radius 1 is 1.28 bits per heavy atom. The van der Waals surface area contributed by atoms with Crippen LogP contribution in [0.3, 0.4) is 0 Å². The first-order chi connectivity index (χ1) is 8.50. The molecule has 0 saturated heterocycles. The fraction of sp³-hybridized carbons (Fsp3) is 0.267. The van der Waals surface area contributed by atoms with Gasteiger partial charge in [-0.2, -0.15) is 0 Å². The minimum atomic E-state index is 0.0114. The average molecular weight is 244 g/mol. The summed E-state index contributed by atoms with van der Waals surface area (Å²) in [5.74, 6) is 1.64. The fourth-order valence-corrected chi connectivity index (χ4v) is 2.23. The van der Waals surface area contributed by atoms with Gasteiger partial charge in [-0.1, -0.05) is 18.2 Å². The third-order valence-electron chi connectivity index (χ3n) is 3.12. The lowest BCUT2D eigenvalue weighted by atomic mass is 10.0. The van der Waals surface area contributed by atoms with Crippen LogP contribution >= 0.6 is 0 Å². The molecule has 0 aliphatic rings. The van der Waals surface area contributed by atoms with Crippen molar-refractivity contribution < 1.29 is 14.3 Å². The Morgan fingerprint density at radius 3 is 2.50 bits per heavy atom. The highest BCUT2D eigenvalue weighted by Crippen LogP contribution is 2.27. The van der Waals surface area contributed by atoms with Crippen molar-refractivity contribution in [3.63, 3.8) is 0 Å². The smallest absolute Gasteiger partial charge is 0.163 e. The number of benzene rings is 1. The lowest BCUT2D eigenvalue weighted by Gasteiger charge is -2.02. The van der Waals surface area contributed by atoms with E-state index in [-0.39, 0.29) is 11.5 Å². The molecule has 3 heteroatoms. The summed E-state index contributed by atoms with van der Waals surface area (Å²) in [6, 6.07) is 7.14. The first-order valence-corrected chi connectivity index (χ1v) is 5.87. The van der Waals surface area contributed by atoms with Gasteiger partial charge in [0.25, 0.3) is 0 Å². The van der Waals surface area contributed by atoms with Crippen molar-refractivity contribution in [3.8, 4) is 5.75 Å². The van der Waals surface area contributed by atoms with E-state index in [1.807, 2.05) is 19.1 Å². The maximum atomic E-state index is 11.5. The number of aryl methyl sites for hydroxylation is 1. The van der Waals surface area contributed by atoms with Crippen LogP contribution in [0.5, 0.6) is 5.75 Å². The van der Waals surface area contributed by atoms with Crippen LogP contribution < -0.4 is 0 Å². The summed E-state index contributed by atoms with van der Waals surface area (Å²) in [5, 5.41) is 9.74. The predicted molar refractivity (Wildman–Crippen MR) is 69.1 cm³/mol. The summed E-state index contributed by atoms with van der Waals surface area (Å²) >= 11 is 0. The third-order valence-corrected chi connectivity index (χ3v) is 3.12. The first kappa shape index (κ1) is 12.4. The quantitative estimate of drug-likeness (QED) is 0.842. The van der Waals surface area contributed by atoms with Gasteiger partial charge < -0.3 is 9.52 Å². The van der Waals surface area contributed by atoms with E-state index in [1.165, 1.54) is 6.92 Å². The van der Waals surface area contributed by atoms with Gasteiger partial charge in [0.05, 0.1) is 5.56 Å². The van der Waals surface area contributed by atoms with Crippen molar-refractivity contribution in [2.24, 2.45) is 0 Å². The van der Waals surface area contributed by atoms with E-state index >= 15 is 0 Å². The Hall–Kier alpha value is -2.03. The maximum Gasteiger partial charge on any atom is 0.163 e. The standard InChI is InChI=1S/C15H16O3/c1-9-14(18-11(3)15(9)10(2)16)8-12-6-4-5-7-13(12)17/h4-7,17H,8H2,1-3H3. The number of para-hydroxylation sites is 1. The zero-order chi connectivity index (χ0) is 13.3. The van der Waals surface area contributed by atoms with Crippen LogP contribution in [0.25, 0.3) is 0 Å². The molecule has 1 aromatic heterocycles. The van der Waals surface area contributed by atoms with E-state index in [0.717, 1.165) is 16.9 Å². The molecule has 1 aromatic carbocycles. The molecule has 0 saturated carbocycles. The number of phenolic OH excluding ortho intramolecular Hbond substituents is 1. The second kappa shape index (κ2) is 4.69. The van der Waals surface area contributed by atoms with Gasteiger partial charge in [0.2, 0.25) is 0 Å². The highest BCUT2D eigenvalue weighted by atomic mass is 16.3. The molecule has 0 bridgehead atoms. The van der Waals surface area contributed by atoms with Crippen molar-refractivity contribution in [2.75, 3.05) is 0 Å². The number of Topliss-reactive ketones (excluding diaryl/α,β-unsaturated/α-hetero) is 1. The zero-order valence-electron chi connectivity index (χ0n) is 10.8. The van der Waals surface area contributed by atoms with E-state index in [0.29, 0.717) is 17.7 Å². The molecule has 2 rings (SSSR count).